The average molecular weight is 374 g/mol. The number of nitrogens with zero attached hydrogens (tertiary/aromatic N) is 2. The molecule has 0 spiro atoms. The Bertz CT molecular complexity index is 813. The molecule has 1 fully saturated rings. The van der Waals surface area contributed by atoms with Crippen molar-refractivity contribution in [3.63, 3.8) is 0 Å². The minimum absolute atomic E-state index is 0.0104. The molecule has 1 aliphatic heterocycles. The lowest BCUT2D eigenvalue weighted by Crippen LogP contribution is -2.40. The Morgan fingerprint density at radius 2 is 2.04 bits per heavy atom. The van der Waals surface area contributed by atoms with Crippen molar-refractivity contribution in [3.8, 4) is 5.75 Å². The fraction of sp³-hybridized carbons (Fsp3) is 0.381. The highest BCUT2D eigenvalue weighted by Crippen LogP contribution is 2.33. The number of methoxy groups -OCH3 is 1. The molecule has 0 radical (unpaired) electrons. The van der Waals surface area contributed by atoms with Gasteiger partial charge in [0.15, 0.2) is 11.6 Å². The zero-order chi connectivity index (χ0) is 19.4. The van der Waals surface area contributed by atoms with E-state index in [4.69, 9.17) is 4.74 Å². The monoisotopic (exact) mass is 374 g/mol. The van der Waals surface area contributed by atoms with Gasteiger partial charge in [0.25, 0.3) is 0 Å². The van der Waals surface area contributed by atoms with E-state index in [1.165, 1.54) is 6.07 Å². The molecule has 0 N–H and O–H groups in total. The van der Waals surface area contributed by atoms with Gasteiger partial charge in [-0.05, 0) is 49.6 Å². The largest absolute Gasteiger partial charge is 0.497 e. The number of carbonyl (C=O) groups excluding carboxylic acids is 1. The summed E-state index contributed by atoms with van der Waals surface area (Å²) in [7, 11) is 1.62. The average Bonchev–Trinajstić information content (AvgIpc) is 3.18. The Morgan fingerprint density at radius 1 is 1.22 bits per heavy atom. The lowest BCUT2D eigenvalue weighted by atomic mass is 10.0. The van der Waals surface area contributed by atoms with Crippen LogP contribution in [0, 0.1) is 11.6 Å². The van der Waals surface area contributed by atoms with E-state index in [1.54, 1.807) is 12.0 Å². The number of halogens is 2. The number of amides is 1. The third kappa shape index (κ3) is 4.21. The predicted octanol–water partition coefficient (Wildman–Crippen LogP) is 4.16. The van der Waals surface area contributed by atoms with Gasteiger partial charge < -0.3 is 14.5 Å². The molecule has 1 amide bonds. The summed E-state index contributed by atoms with van der Waals surface area (Å²) in [6, 6.07) is 11.5. The molecule has 1 unspecified atom stereocenters. The summed E-state index contributed by atoms with van der Waals surface area (Å²) in [5.74, 6) is -1.05. The topological polar surface area (TPSA) is 32.8 Å². The SMILES string of the molecule is CCN(CC(=O)N1CCCC1c1cccc(OC)c1)c1ccc(F)c(F)c1. The summed E-state index contributed by atoms with van der Waals surface area (Å²) >= 11 is 0. The Morgan fingerprint density at radius 3 is 2.74 bits per heavy atom. The predicted molar refractivity (Wildman–Crippen MR) is 101 cm³/mol. The summed E-state index contributed by atoms with van der Waals surface area (Å²) in [5, 5.41) is 0. The number of hydrogen-bond acceptors (Lipinski definition) is 3. The normalized spacial score (nSPS) is 16.4. The first-order valence-corrected chi connectivity index (χ1v) is 9.17. The Kier molecular flexibility index (Phi) is 5.94. The minimum Gasteiger partial charge on any atom is -0.497 e. The Hall–Kier alpha value is -2.63. The molecule has 0 bridgehead atoms. The van der Waals surface area contributed by atoms with Crippen LogP contribution in [0.5, 0.6) is 5.75 Å². The van der Waals surface area contributed by atoms with E-state index in [0.717, 1.165) is 36.3 Å². The molecular formula is C21H24F2N2O2. The van der Waals surface area contributed by atoms with Crippen LogP contribution in [0.3, 0.4) is 0 Å². The molecular weight excluding hydrogens is 350 g/mol. The number of ether oxygens (including phenoxy) is 1. The first-order valence-electron chi connectivity index (χ1n) is 9.17. The van der Waals surface area contributed by atoms with Crippen LogP contribution in [0.2, 0.25) is 0 Å². The summed E-state index contributed by atoms with van der Waals surface area (Å²) in [5.41, 5.74) is 1.55. The number of carbonyl (C=O) groups is 1. The van der Waals surface area contributed by atoms with Gasteiger partial charge in [-0.2, -0.15) is 0 Å². The van der Waals surface area contributed by atoms with Crippen molar-refractivity contribution in [1.82, 2.24) is 4.90 Å². The maximum Gasteiger partial charge on any atom is 0.242 e. The van der Waals surface area contributed by atoms with Gasteiger partial charge in [0.2, 0.25) is 5.91 Å². The second-order valence-electron chi connectivity index (χ2n) is 6.63. The number of rotatable bonds is 6. The molecule has 4 nitrogen and oxygen atoms in total. The molecule has 1 atom stereocenters. The molecule has 2 aromatic rings. The summed E-state index contributed by atoms with van der Waals surface area (Å²) < 4.78 is 32.0. The molecule has 0 aliphatic carbocycles. The van der Waals surface area contributed by atoms with Crippen LogP contribution < -0.4 is 9.64 Å². The van der Waals surface area contributed by atoms with Crippen LogP contribution in [0.4, 0.5) is 14.5 Å². The van der Waals surface area contributed by atoms with E-state index in [2.05, 4.69) is 0 Å². The third-order valence-electron chi connectivity index (χ3n) is 5.03. The van der Waals surface area contributed by atoms with Gasteiger partial charge in [-0.15, -0.1) is 0 Å². The minimum atomic E-state index is -0.908. The standard InChI is InChI=1S/C21H24F2N2O2/c1-3-24(16-9-10-18(22)19(23)13-16)14-21(26)25-11-5-8-20(25)15-6-4-7-17(12-15)27-2/h4,6-7,9-10,12-13,20H,3,5,8,11,14H2,1-2H3. The first-order chi connectivity index (χ1) is 13.0. The molecule has 27 heavy (non-hydrogen) atoms. The molecule has 1 aliphatic rings. The van der Waals surface area contributed by atoms with Crippen LogP contribution in [0.15, 0.2) is 42.5 Å². The quantitative estimate of drug-likeness (QED) is 0.761. The smallest absolute Gasteiger partial charge is 0.242 e. The first kappa shape index (κ1) is 19.1. The van der Waals surface area contributed by atoms with E-state index >= 15 is 0 Å². The second kappa shape index (κ2) is 8.37. The highest BCUT2D eigenvalue weighted by atomic mass is 19.2. The molecule has 6 heteroatoms. The van der Waals surface area contributed by atoms with Crippen LogP contribution in [-0.4, -0.2) is 37.6 Å². The summed E-state index contributed by atoms with van der Waals surface area (Å²) in [6.07, 6.45) is 1.83. The highest BCUT2D eigenvalue weighted by molar-refractivity contribution is 5.82. The van der Waals surface area contributed by atoms with Gasteiger partial charge in [-0.25, -0.2) is 8.78 Å². The van der Waals surface area contributed by atoms with Crippen molar-refractivity contribution in [2.75, 3.05) is 31.6 Å². The van der Waals surface area contributed by atoms with Crippen molar-refractivity contribution in [1.29, 1.82) is 0 Å². The highest BCUT2D eigenvalue weighted by Gasteiger charge is 2.30. The summed E-state index contributed by atoms with van der Waals surface area (Å²) in [4.78, 5) is 16.6. The zero-order valence-corrected chi connectivity index (χ0v) is 15.6. The van der Waals surface area contributed by atoms with Crippen LogP contribution >= 0.6 is 0 Å². The maximum absolute atomic E-state index is 13.6. The van der Waals surface area contributed by atoms with Crippen molar-refractivity contribution < 1.29 is 18.3 Å². The molecule has 1 saturated heterocycles. The van der Waals surface area contributed by atoms with Crippen LogP contribution in [-0.2, 0) is 4.79 Å². The van der Waals surface area contributed by atoms with Crippen molar-refractivity contribution >= 4 is 11.6 Å². The lowest BCUT2D eigenvalue weighted by molar-refractivity contribution is -0.130. The van der Waals surface area contributed by atoms with Crippen LogP contribution in [0.25, 0.3) is 0 Å². The fourth-order valence-electron chi connectivity index (χ4n) is 3.58. The van der Waals surface area contributed by atoms with Gasteiger partial charge in [0.1, 0.15) is 5.75 Å². The van der Waals surface area contributed by atoms with Crippen molar-refractivity contribution in [2.45, 2.75) is 25.8 Å². The third-order valence-corrected chi connectivity index (χ3v) is 5.03. The molecule has 2 aromatic carbocycles. The number of anilines is 1. The second-order valence-corrected chi connectivity index (χ2v) is 6.63. The number of benzene rings is 2. The lowest BCUT2D eigenvalue weighted by Gasteiger charge is -2.29. The molecule has 0 aromatic heterocycles. The number of hydrogen-bond donors (Lipinski definition) is 0. The van der Waals surface area contributed by atoms with E-state index in [1.807, 2.05) is 36.1 Å². The maximum atomic E-state index is 13.6. The van der Waals surface area contributed by atoms with E-state index in [0.29, 0.717) is 18.8 Å². The molecule has 144 valence electrons. The molecule has 0 saturated carbocycles. The zero-order valence-electron chi connectivity index (χ0n) is 15.6. The van der Waals surface area contributed by atoms with Gasteiger partial charge in [-0.3, -0.25) is 4.79 Å². The van der Waals surface area contributed by atoms with E-state index in [9.17, 15) is 13.6 Å². The summed E-state index contributed by atoms with van der Waals surface area (Å²) in [6.45, 7) is 3.23. The van der Waals surface area contributed by atoms with Crippen LogP contribution in [0.1, 0.15) is 31.4 Å². The van der Waals surface area contributed by atoms with Gasteiger partial charge in [-0.1, -0.05) is 12.1 Å². The van der Waals surface area contributed by atoms with Crippen molar-refractivity contribution in [2.24, 2.45) is 0 Å². The van der Waals surface area contributed by atoms with Gasteiger partial charge in [0, 0.05) is 24.8 Å². The Balaban J connectivity index is 1.75. The Labute approximate surface area is 158 Å². The van der Waals surface area contributed by atoms with Gasteiger partial charge >= 0.3 is 0 Å². The molecule has 3 rings (SSSR count). The van der Waals surface area contributed by atoms with Crippen molar-refractivity contribution in [3.05, 3.63) is 59.7 Å². The van der Waals surface area contributed by atoms with E-state index in [-0.39, 0.29) is 18.5 Å². The fourth-order valence-corrected chi connectivity index (χ4v) is 3.58. The molecule has 1 heterocycles. The van der Waals surface area contributed by atoms with Gasteiger partial charge in [0.05, 0.1) is 19.7 Å². The van der Waals surface area contributed by atoms with E-state index < -0.39 is 11.6 Å². The number of likely N-dealkylation sites (tertiary alicyclic amines) is 1. The number of likely N-dealkylation sites (N-methyl/N-ethyl adjacent to an activating group) is 1.